The van der Waals surface area contributed by atoms with Crippen molar-refractivity contribution in [2.24, 2.45) is 0 Å². The highest BCUT2D eigenvalue weighted by molar-refractivity contribution is 9.10. The van der Waals surface area contributed by atoms with Crippen molar-refractivity contribution in [2.45, 2.75) is 31.5 Å². The van der Waals surface area contributed by atoms with Gasteiger partial charge in [0.05, 0.1) is 12.3 Å². The fraction of sp³-hybridized carbons (Fsp3) is 0.333. The number of halogens is 1. The zero-order chi connectivity index (χ0) is 15.4. The maximum atomic E-state index is 10.8. The first-order valence-electron chi connectivity index (χ1n) is 6.62. The van der Waals surface area contributed by atoms with Crippen LogP contribution in [0.1, 0.15) is 31.0 Å². The van der Waals surface area contributed by atoms with Gasteiger partial charge < -0.3 is 9.67 Å². The zero-order valence-electron chi connectivity index (χ0n) is 11.9. The first-order valence-corrected chi connectivity index (χ1v) is 8.40. The van der Waals surface area contributed by atoms with Gasteiger partial charge in [0.25, 0.3) is 0 Å². The molecular formula is C15H17BrN2O2S. The predicted octanol–water partition coefficient (Wildman–Crippen LogP) is 3.99. The first-order chi connectivity index (χ1) is 9.99. The molecule has 0 spiro atoms. The van der Waals surface area contributed by atoms with Gasteiger partial charge in [0.15, 0.2) is 5.16 Å². The molecule has 0 atom stereocenters. The highest BCUT2D eigenvalue weighted by atomic mass is 79.9. The van der Waals surface area contributed by atoms with Crippen molar-refractivity contribution in [1.82, 2.24) is 9.55 Å². The Morgan fingerprint density at radius 1 is 1.43 bits per heavy atom. The SMILES string of the molecule is CC(C)c1cnc(SCC(=O)O)n1Cc1ccccc1Br. The molecule has 21 heavy (non-hydrogen) atoms. The largest absolute Gasteiger partial charge is 0.481 e. The van der Waals surface area contributed by atoms with Crippen LogP contribution < -0.4 is 0 Å². The Kier molecular flexibility index (Phi) is 5.47. The number of carbonyl (C=O) groups is 1. The molecule has 0 amide bonds. The maximum Gasteiger partial charge on any atom is 0.313 e. The fourth-order valence-corrected chi connectivity index (χ4v) is 3.15. The van der Waals surface area contributed by atoms with Crippen molar-refractivity contribution in [1.29, 1.82) is 0 Å². The lowest BCUT2D eigenvalue weighted by Gasteiger charge is -2.14. The molecular weight excluding hydrogens is 352 g/mol. The van der Waals surface area contributed by atoms with Gasteiger partial charge in [-0.15, -0.1) is 0 Å². The molecule has 0 fully saturated rings. The van der Waals surface area contributed by atoms with Crippen LogP contribution in [0.5, 0.6) is 0 Å². The lowest BCUT2D eigenvalue weighted by atomic mass is 10.1. The number of carboxylic acids is 1. The van der Waals surface area contributed by atoms with Crippen molar-refractivity contribution < 1.29 is 9.90 Å². The van der Waals surface area contributed by atoms with Crippen molar-refractivity contribution in [3.8, 4) is 0 Å². The molecule has 1 aromatic heterocycles. The molecule has 6 heteroatoms. The average molecular weight is 369 g/mol. The summed E-state index contributed by atoms with van der Waals surface area (Å²) in [6.07, 6.45) is 1.84. The minimum Gasteiger partial charge on any atom is -0.481 e. The zero-order valence-corrected chi connectivity index (χ0v) is 14.3. The van der Waals surface area contributed by atoms with E-state index in [2.05, 4.69) is 45.4 Å². The van der Waals surface area contributed by atoms with Crippen molar-refractivity contribution in [2.75, 3.05) is 5.75 Å². The Bertz CT molecular complexity index is 640. The van der Waals surface area contributed by atoms with Gasteiger partial charge in [-0.3, -0.25) is 4.79 Å². The number of rotatable bonds is 6. The lowest BCUT2D eigenvalue weighted by Crippen LogP contribution is -2.09. The molecule has 0 aliphatic carbocycles. The molecule has 0 saturated heterocycles. The van der Waals surface area contributed by atoms with Crippen LogP contribution in [-0.4, -0.2) is 26.4 Å². The summed E-state index contributed by atoms with van der Waals surface area (Å²) < 4.78 is 3.14. The maximum absolute atomic E-state index is 10.8. The number of benzene rings is 1. The summed E-state index contributed by atoms with van der Waals surface area (Å²) in [4.78, 5) is 15.2. The average Bonchev–Trinajstić information content (AvgIpc) is 2.82. The van der Waals surface area contributed by atoms with Gasteiger partial charge in [0.1, 0.15) is 0 Å². The number of hydrogen-bond donors (Lipinski definition) is 1. The van der Waals surface area contributed by atoms with Crippen LogP contribution in [0.15, 0.2) is 40.1 Å². The van der Waals surface area contributed by atoms with E-state index in [4.69, 9.17) is 5.11 Å². The van der Waals surface area contributed by atoms with E-state index in [1.165, 1.54) is 11.8 Å². The second kappa shape index (κ2) is 7.13. The highest BCUT2D eigenvalue weighted by Crippen LogP contribution is 2.26. The lowest BCUT2D eigenvalue weighted by molar-refractivity contribution is -0.133. The van der Waals surface area contributed by atoms with Gasteiger partial charge >= 0.3 is 5.97 Å². The molecule has 0 bridgehead atoms. The van der Waals surface area contributed by atoms with Crippen LogP contribution in [0, 0.1) is 0 Å². The van der Waals surface area contributed by atoms with Gasteiger partial charge in [0, 0.05) is 16.4 Å². The number of nitrogens with zero attached hydrogens (tertiary/aromatic N) is 2. The molecule has 0 unspecified atom stereocenters. The molecule has 0 radical (unpaired) electrons. The van der Waals surface area contributed by atoms with Gasteiger partial charge in [-0.2, -0.15) is 0 Å². The summed E-state index contributed by atoms with van der Waals surface area (Å²) >= 11 is 4.81. The second-order valence-corrected chi connectivity index (χ2v) is 6.78. The van der Waals surface area contributed by atoms with Crippen molar-refractivity contribution in [3.63, 3.8) is 0 Å². The number of aromatic nitrogens is 2. The summed E-state index contributed by atoms with van der Waals surface area (Å²) in [7, 11) is 0. The topological polar surface area (TPSA) is 55.1 Å². The van der Waals surface area contributed by atoms with E-state index in [1.54, 1.807) is 0 Å². The van der Waals surface area contributed by atoms with Gasteiger partial charge in [-0.25, -0.2) is 4.98 Å². The number of hydrogen-bond acceptors (Lipinski definition) is 3. The first kappa shape index (κ1) is 16.1. The minimum absolute atomic E-state index is 0.0184. The fourth-order valence-electron chi connectivity index (χ4n) is 2.03. The number of carboxylic acid groups (broad SMARTS) is 1. The molecule has 1 heterocycles. The molecule has 4 nitrogen and oxygen atoms in total. The Morgan fingerprint density at radius 2 is 2.14 bits per heavy atom. The molecule has 2 rings (SSSR count). The summed E-state index contributed by atoms with van der Waals surface area (Å²) in [5.41, 5.74) is 2.26. The normalized spacial score (nSPS) is 11.0. The third-order valence-electron chi connectivity index (χ3n) is 3.05. The standard InChI is InChI=1S/C15H17BrN2O2S/c1-10(2)13-7-17-15(21-9-14(19)20)18(13)8-11-5-3-4-6-12(11)16/h3-7,10H,8-9H2,1-2H3,(H,19,20). The smallest absolute Gasteiger partial charge is 0.313 e. The molecule has 0 aliphatic rings. The molecule has 0 saturated carbocycles. The van der Waals surface area contributed by atoms with E-state index in [0.29, 0.717) is 12.5 Å². The Labute approximate surface area is 136 Å². The monoisotopic (exact) mass is 368 g/mol. The van der Waals surface area contributed by atoms with Crippen molar-refractivity contribution >= 4 is 33.7 Å². The molecule has 1 N–H and O–H groups in total. The summed E-state index contributed by atoms with van der Waals surface area (Å²) in [5.74, 6) is -0.481. The van der Waals surface area contributed by atoms with Crippen LogP contribution in [0.2, 0.25) is 0 Å². The number of aliphatic carboxylic acids is 1. The van der Waals surface area contributed by atoms with E-state index in [-0.39, 0.29) is 5.75 Å². The molecule has 112 valence electrons. The number of imidazole rings is 1. The van der Waals surface area contributed by atoms with Crippen LogP contribution in [0.25, 0.3) is 0 Å². The quantitative estimate of drug-likeness (QED) is 0.783. The van der Waals surface area contributed by atoms with E-state index >= 15 is 0 Å². The Hall–Kier alpha value is -1.27. The molecule has 2 aromatic rings. The van der Waals surface area contributed by atoms with E-state index in [1.807, 2.05) is 24.4 Å². The third kappa shape index (κ3) is 4.11. The molecule has 1 aromatic carbocycles. The van der Waals surface area contributed by atoms with Crippen molar-refractivity contribution in [3.05, 3.63) is 46.2 Å². The number of thioether (sulfide) groups is 1. The predicted molar refractivity (Wildman–Crippen MR) is 87.9 cm³/mol. The van der Waals surface area contributed by atoms with Crippen LogP contribution in [-0.2, 0) is 11.3 Å². The van der Waals surface area contributed by atoms with Crippen LogP contribution in [0.4, 0.5) is 0 Å². The van der Waals surface area contributed by atoms with Gasteiger partial charge in [-0.1, -0.05) is 59.7 Å². The van der Waals surface area contributed by atoms with Crippen LogP contribution >= 0.6 is 27.7 Å². The highest BCUT2D eigenvalue weighted by Gasteiger charge is 2.15. The van der Waals surface area contributed by atoms with E-state index < -0.39 is 5.97 Å². The van der Waals surface area contributed by atoms with E-state index in [0.717, 1.165) is 20.9 Å². The van der Waals surface area contributed by atoms with Gasteiger partial charge in [-0.05, 0) is 17.5 Å². The summed E-state index contributed by atoms with van der Waals surface area (Å²) in [6.45, 7) is 4.90. The third-order valence-corrected chi connectivity index (χ3v) is 4.80. The Balaban J connectivity index is 2.32. The molecule has 0 aliphatic heterocycles. The summed E-state index contributed by atoms with van der Waals surface area (Å²) in [6, 6.07) is 8.03. The van der Waals surface area contributed by atoms with Gasteiger partial charge in [0.2, 0.25) is 0 Å². The Morgan fingerprint density at radius 3 is 2.76 bits per heavy atom. The van der Waals surface area contributed by atoms with E-state index in [9.17, 15) is 4.79 Å². The van der Waals surface area contributed by atoms with Crippen LogP contribution in [0.3, 0.4) is 0 Å². The summed E-state index contributed by atoms with van der Waals surface area (Å²) in [5, 5.41) is 9.60. The minimum atomic E-state index is -0.832. The second-order valence-electron chi connectivity index (χ2n) is 4.98.